The maximum atomic E-state index is 12.5. The smallest absolute Gasteiger partial charge is 0.340 e. The van der Waals surface area contributed by atoms with Gasteiger partial charge in [0.25, 0.3) is 10.0 Å². The van der Waals surface area contributed by atoms with Gasteiger partial charge in [0.15, 0.2) is 0 Å². The molecule has 0 aliphatic carbocycles. The highest BCUT2D eigenvalue weighted by atomic mass is 32.2. The van der Waals surface area contributed by atoms with Gasteiger partial charge in [-0.15, -0.1) is 11.3 Å². The van der Waals surface area contributed by atoms with Crippen LogP contribution in [0, 0.1) is 13.8 Å². The number of anilines is 1. The average Bonchev–Trinajstić information content (AvgIpc) is 3.25. The summed E-state index contributed by atoms with van der Waals surface area (Å²) < 4.78 is 37.7. The molecule has 7 nitrogen and oxygen atoms in total. The molecule has 2 aromatic heterocycles. The summed E-state index contributed by atoms with van der Waals surface area (Å²) >= 11 is 1.09. The number of carbonyl (C=O) groups excluding carboxylic acids is 1. The molecule has 1 N–H and O–H groups in total. The zero-order valence-electron chi connectivity index (χ0n) is 14.1. The second-order valence-electron chi connectivity index (χ2n) is 5.46. The Balaban J connectivity index is 1.79. The summed E-state index contributed by atoms with van der Waals surface area (Å²) in [7, 11) is -3.76. The molecule has 136 valence electrons. The number of hydrogen-bond acceptors (Lipinski definition) is 7. The Bertz CT molecular complexity index is 1000. The number of aromatic nitrogens is 1. The van der Waals surface area contributed by atoms with Gasteiger partial charge in [-0.05, 0) is 37.4 Å². The van der Waals surface area contributed by atoms with Crippen LogP contribution in [0.3, 0.4) is 0 Å². The van der Waals surface area contributed by atoms with Crippen LogP contribution < -0.4 is 4.72 Å². The van der Waals surface area contributed by atoms with Crippen molar-refractivity contribution in [2.24, 2.45) is 0 Å². The van der Waals surface area contributed by atoms with Crippen molar-refractivity contribution in [1.29, 1.82) is 0 Å². The van der Waals surface area contributed by atoms with Gasteiger partial charge in [-0.25, -0.2) is 13.2 Å². The Morgan fingerprint density at radius 2 is 2.00 bits per heavy atom. The molecule has 3 rings (SSSR count). The molecule has 26 heavy (non-hydrogen) atoms. The van der Waals surface area contributed by atoms with Crippen molar-refractivity contribution in [3.05, 3.63) is 64.4 Å². The molecule has 0 unspecified atom stereocenters. The van der Waals surface area contributed by atoms with Gasteiger partial charge in [-0.3, -0.25) is 4.72 Å². The van der Waals surface area contributed by atoms with Crippen LogP contribution in [-0.2, 0) is 21.4 Å². The Morgan fingerprint density at radius 3 is 2.65 bits per heavy atom. The third-order valence-corrected chi connectivity index (χ3v) is 6.44. The number of carbonyl (C=O) groups is 1. The minimum absolute atomic E-state index is 0.00793. The molecule has 0 amide bonds. The van der Waals surface area contributed by atoms with Crippen molar-refractivity contribution in [3.63, 3.8) is 0 Å². The SMILES string of the molecule is Cc1noc(C)c1COC(=O)c1ccccc1NS(=O)(=O)c1cccs1. The van der Waals surface area contributed by atoms with Crippen LogP contribution in [0.15, 0.2) is 50.5 Å². The molecule has 0 bridgehead atoms. The minimum atomic E-state index is -3.76. The summed E-state index contributed by atoms with van der Waals surface area (Å²) in [5.41, 5.74) is 1.61. The fourth-order valence-corrected chi connectivity index (χ4v) is 4.36. The number of ether oxygens (including phenoxy) is 1. The van der Waals surface area contributed by atoms with Gasteiger partial charge in [-0.1, -0.05) is 23.4 Å². The number of para-hydroxylation sites is 1. The molecule has 0 aliphatic rings. The molecule has 9 heteroatoms. The van der Waals surface area contributed by atoms with Gasteiger partial charge < -0.3 is 9.26 Å². The minimum Gasteiger partial charge on any atom is -0.457 e. The van der Waals surface area contributed by atoms with Crippen LogP contribution >= 0.6 is 11.3 Å². The number of rotatable bonds is 6. The summed E-state index contributed by atoms with van der Waals surface area (Å²) in [5.74, 6) is -0.0727. The van der Waals surface area contributed by atoms with E-state index in [-0.39, 0.29) is 22.1 Å². The maximum Gasteiger partial charge on any atom is 0.340 e. The zero-order valence-corrected chi connectivity index (χ0v) is 15.7. The number of nitrogens with zero attached hydrogens (tertiary/aromatic N) is 1. The van der Waals surface area contributed by atoms with Crippen LogP contribution in [0.25, 0.3) is 0 Å². The van der Waals surface area contributed by atoms with Crippen LogP contribution in [0.2, 0.25) is 0 Å². The van der Waals surface area contributed by atoms with E-state index < -0.39 is 16.0 Å². The Morgan fingerprint density at radius 1 is 1.23 bits per heavy atom. The van der Waals surface area contributed by atoms with Crippen molar-refractivity contribution >= 4 is 33.0 Å². The average molecular weight is 392 g/mol. The van der Waals surface area contributed by atoms with Gasteiger partial charge in [0, 0.05) is 0 Å². The number of nitrogens with one attached hydrogen (secondary N) is 1. The maximum absolute atomic E-state index is 12.5. The van der Waals surface area contributed by atoms with Crippen molar-refractivity contribution < 1.29 is 22.5 Å². The van der Waals surface area contributed by atoms with Crippen molar-refractivity contribution in [3.8, 4) is 0 Å². The third kappa shape index (κ3) is 3.78. The summed E-state index contributed by atoms with van der Waals surface area (Å²) in [4.78, 5) is 12.5. The van der Waals surface area contributed by atoms with Crippen LogP contribution in [-0.4, -0.2) is 19.5 Å². The van der Waals surface area contributed by atoms with E-state index in [2.05, 4.69) is 9.88 Å². The molecule has 0 fully saturated rings. The first-order valence-electron chi connectivity index (χ1n) is 7.62. The summed E-state index contributed by atoms with van der Waals surface area (Å²) in [6, 6.07) is 9.42. The fraction of sp³-hybridized carbons (Fsp3) is 0.176. The number of thiophene rings is 1. The van der Waals surface area contributed by atoms with Gasteiger partial charge >= 0.3 is 5.97 Å². The number of esters is 1. The van der Waals surface area contributed by atoms with Gasteiger partial charge in [0.05, 0.1) is 22.5 Å². The lowest BCUT2D eigenvalue weighted by atomic mass is 10.2. The van der Waals surface area contributed by atoms with E-state index >= 15 is 0 Å². The third-order valence-electron chi connectivity index (χ3n) is 3.68. The fourth-order valence-electron chi connectivity index (χ4n) is 2.28. The first kappa shape index (κ1) is 18.2. The summed E-state index contributed by atoms with van der Waals surface area (Å²) in [6.45, 7) is 3.47. The molecule has 0 radical (unpaired) electrons. The monoisotopic (exact) mass is 392 g/mol. The molecule has 0 saturated heterocycles. The lowest BCUT2D eigenvalue weighted by Gasteiger charge is -2.11. The zero-order chi connectivity index (χ0) is 18.7. The van der Waals surface area contributed by atoms with Crippen LogP contribution in [0.4, 0.5) is 5.69 Å². The second-order valence-corrected chi connectivity index (χ2v) is 8.32. The number of benzene rings is 1. The van der Waals surface area contributed by atoms with Gasteiger partial charge in [-0.2, -0.15) is 0 Å². The summed E-state index contributed by atoms with van der Waals surface area (Å²) in [6.07, 6.45) is 0. The Kier molecular flexibility index (Phi) is 5.10. The Hall–Kier alpha value is -2.65. The van der Waals surface area contributed by atoms with E-state index in [1.54, 1.807) is 37.4 Å². The lowest BCUT2D eigenvalue weighted by molar-refractivity contribution is 0.0472. The summed E-state index contributed by atoms with van der Waals surface area (Å²) in [5, 5.41) is 5.47. The van der Waals surface area contributed by atoms with E-state index in [4.69, 9.17) is 9.26 Å². The molecule has 0 spiro atoms. The largest absolute Gasteiger partial charge is 0.457 e. The molecule has 0 atom stereocenters. The highest BCUT2D eigenvalue weighted by Crippen LogP contribution is 2.24. The lowest BCUT2D eigenvalue weighted by Crippen LogP contribution is -2.15. The van der Waals surface area contributed by atoms with Crippen molar-refractivity contribution in [2.45, 2.75) is 24.7 Å². The normalized spacial score (nSPS) is 11.3. The quantitative estimate of drug-likeness (QED) is 0.645. The van der Waals surface area contributed by atoms with Gasteiger partial charge in [0.1, 0.15) is 16.6 Å². The van der Waals surface area contributed by atoms with E-state index in [0.29, 0.717) is 17.0 Å². The van der Waals surface area contributed by atoms with Crippen molar-refractivity contribution in [2.75, 3.05) is 4.72 Å². The molecular weight excluding hydrogens is 376 g/mol. The molecular formula is C17H16N2O5S2. The predicted octanol–water partition coefficient (Wildman–Crippen LogP) is 3.51. The second kappa shape index (κ2) is 7.30. The molecule has 3 aromatic rings. The first-order chi connectivity index (χ1) is 12.4. The molecule has 0 aliphatic heterocycles. The molecule has 0 saturated carbocycles. The van der Waals surface area contributed by atoms with E-state index in [0.717, 1.165) is 11.3 Å². The highest BCUT2D eigenvalue weighted by Gasteiger charge is 2.20. The topological polar surface area (TPSA) is 98.5 Å². The molecule has 2 heterocycles. The Labute approximate surface area is 154 Å². The molecule has 1 aromatic carbocycles. The first-order valence-corrected chi connectivity index (χ1v) is 9.99. The standard InChI is InChI=1S/C17H16N2O5S2/c1-11-14(12(2)24-18-11)10-23-17(20)13-6-3-4-7-15(13)19-26(21,22)16-8-5-9-25-16/h3-9,19H,10H2,1-2H3. The van der Waals surface area contributed by atoms with Crippen LogP contribution in [0.5, 0.6) is 0 Å². The van der Waals surface area contributed by atoms with Crippen molar-refractivity contribution in [1.82, 2.24) is 5.16 Å². The number of hydrogen-bond donors (Lipinski definition) is 1. The van der Waals surface area contributed by atoms with Gasteiger partial charge in [0.2, 0.25) is 0 Å². The predicted molar refractivity (Wildman–Crippen MR) is 96.7 cm³/mol. The van der Waals surface area contributed by atoms with E-state index in [1.165, 1.54) is 18.2 Å². The van der Waals surface area contributed by atoms with E-state index in [9.17, 15) is 13.2 Å². The van der Waals surface area contributed by atoms with Crippen LogP contribution in [0.1, 0.15) is 27.4 Å². The highest BCUT2D eigenvalue weighted by molar-refractivity contribution is 7.94. The van der Waals surface area contributed by atoms with E-state index in [1.807, 2.05) is 0 Å². The number of sulfonamides is 1. The number of aryl methyl sites for hydroxylation is 2.